The van der Waals surface area contributed by atoms with Gasteiger partial charge in [-0.1, -0.05) is 30.3 Å². The Morgan fingerprint density at radius 2 is 1.45 bits per heavy atom. The number of carbonyl (C=O) groups excluding carboxylic acids is 1. The van der Waals surface area contributed by atoms with Crippen LogP contribution in [0.2, 0.25) is 0 Å². The van der Waals surface area contributed by atoms with Crippen molar-refractivity contribution in [2.24, 2.45) is 0 Å². The van der Waals surface area contributed by atoms with Crippen LogP contribution in [-0.4, -0.2) is 35.0 Å². The summed E-state index contributed by atoms with van der Waals surface area (Å²) in [5.41, 5.74) is 2.60. The van der Waals surface area contributed by atoms with E-state index in [4.69, 9.17) is 0 Å². The van der Waals surface area contributed by atoms with E-state index in [-0.39, 0.29) is 34.1 Å². The van der Waals surface area contributed by atoms with Gasteiger partial charge in [-0.25, -0.2) is 16.8 Å². The van der Waals surface area contributed by atoms with Crippen molar-refractivity contribution in [1.82, 2.24) is 5.32 Å². The largest absolute Gasteiger partial charge is 0.352 e. The molecule has 0 atom stereocenters. The van der Waals surface area contributed by atoms with E-state index >= 15 is 0 Å². The summed E-state index contributed by atoms with van der Waals surface area (Å²) >= 11 is 0. The lowest BCUT2D eigenvalue weighted by atomic mass is 10.1. The van der Waals surface area contributed by atoms with Crippen molar-refractivity contribution in [2.45, 2.75) is 30.1 Å². The molecule has 1 amide bonds. The van der Waals surface area contributed by atoms with Crippen LogP contribution in [0.25, 0.3) is 0 Å². The highest BCUT2D eigenvalue weighted by molar-refractivity contribution is 7.92. The first-order valence-electron chi connectivity index (χ1n) is 10.4. The van der Waals surface area contributed by atoms with E-state index in [9.17, 15) is 21.6 Å². The van der Waals surface area contributed by atoms with Gasteiger partial charge in [-0.2, -0.15) is 0 Å². The van der Waals surface area contributed by atoms with Crippen LogP contribution in [0.15, 0.2) is 82.6 Å². The Bertz CT molecular complexity index is 1340. The van der Waals surface area contributed by atoms with Crippen molar-refractivity contribution in [1.29, 1.82) is 0 Å². The van der Waals surface area contributed by atoms with E-state index in [2.05, 4.69) is 10.0 Å². The standard InChI is InChI=1S/C24H26N2O5S2/c1-18-8-6-11-23(19(18)2)26-33(30,31)22-14-12-20(13-15-22)24(27)25-16-7-17-32(28,29)21-9-4-3-5-10-21/h3-6,8-15,26H,7,16-17H2,1-2H3,(H,25,27). The highest BCUT2D eigenvalue weighted by atomic mass is 32.2. The zero-order valence-corrected chi connectivity index (χ0v) is 20.0. The van der Waals surface area contributed by atoms with Gasteiger partial charge in [0.2, 0.25) is 0 Å². The summed E-state index contributed by atoms with van der Waals surface area (Å²) in [6, 6.07) is 19.1. The van der Waals surface area contributed by atoms with Gasteiger partial charge in [-0.15, -0.1) is 0 Å². The molecular weight excluding hydrogens is 460 g/mol. The maximum Gasteiger partial charge on any atom is 0.261 e. The first kappa shape index (κ1) is 24.5. The van der Waals surface area contributed by atoms with Crippen LogP contribution in [0.5, 0.6) is 0 Å². The molecule has 174 valence electrons. The summed E-state index contributed by atoms with van der Waals surface area (Å²) < 4.78 is 52.5. The van der Waals surface area contributed by atoms with Gasteiger partial charge in [-0.05, 0) is 73.9 Å². The fraction of sp³-hybridized carbons (Fsp3) is 0.208. The summed E-state index contributed by atoms with van der Waals surface area (Å²) in [4.78, 5) is 12.6. The van der Waals surface area contributed by atoms with Gasteiger partial charge in [0.1, 0.15) is 0 Å². The van der Waals surface area contributed by atoms with Gasteiger partial charge >= 0.3 is 0 Å². The van der Waals surface area contributed by atoms with Crippen LogP contribution in [-0.2, 0) is 19.9 Å². The molecule has 0 aliphatic carbocycles. The van der Waals surface area contributed by atoms with Crippen molar-refractivity contribution in [3.8, 4) is 0 Å². The van der Waals surface area contributed by atoms with E-state index in [1.54, 1.807) is 42.5 Å². The molecule has 0 unspecified atom stereocenters. The lowest BCUT2D eigenvalue weighted by Crippen LogP contribution is -2.26. The Balaban J connectivity index is 1.57. The molecule has 3 rings (SSSR count). The topological polar surface area (TPSA) is 109 Å². The third-order valence-corrected chi connectivity index (χ3v) is 8.45. The van der Waals surface area contributed by atoms with Crippen LogP contribution in [0, 0.1) is 13.8 Å². The zero-order valence-electron chi connectivity index (χ0n) is 18.4. The normalized spacial score (nSPS) is 11.7. The third kappa shape index (κ3) is 6.21. The predicted molar refractivity (Wildman–Crippen MR) is 129 cm³/mol. The van der Waals surface area contributed by atoms with Crippen LogP contribution in [0.1, 0.15) is 27.9 Å². The highest BCUT2D eigenvalue weighted by Gasteiger charge is 2.17. The van der Waals surface area contributed by atoms with Crippen molar-refractivity contribution in [2.75, 3.05) is 17.0 Å². The molecule has 0 saturated carbocycles. The number of amides is 1. The van der Waals surface area contributed by atoms with E-state index in [0.717, 1.165) is 11.1 Å². The van der Waals surface area contributed by atoms with Crippen molar-refractivity contribution in [3.05, 3.63) is 89.5 Å². The minimum atomic E-state index is -3.81. The number of sulfonamides is 1. The fourth-order valence-corrected chi connectivity index (χ4v) is 5.62. The molecule has 33 heavy (non-hydrogen) atoms. The molecule has 9 heteroatoms. The van der Waals surface area contributed by atoms with Gasteiger partial charge in [0.15, 0.2) is 9.84 Å². The summed E-state index contributed by atoms with van der Waals surface area (Å²) in [6.45, 7) is 3.92. The first-order chi connectivity index (χ1) is 15.6. The van der Waals surface area contributed by atoms with Gasteiger partial charge < -0.3 is 5.32 Å². The summed E-state index contributed by atoms with van der Waals surface area (Å²) in [5.74, 6) is -0.489. The van der Waals surface area contributed by atoms with Crippen LogP contribution in [0.4, 0.5) is 5.69 Å². The molecule has 3 aromatic rings. The third-order valence-electron chi connectivity index (χ3n) is 5.25. The fourth-order valence-electron chi connectivity index (χ4n) is 3.16. The second-order valence-electron chi connectivity index (χ2n) is 7.62. The van der Waals surface area contributed by atoms with Gasteiger partial charge in [-0.3, -0.25) is 9.52 Å². The van der Waals surface area contributed by atoms with E-state index in [1.165, 1.54) is 24.3 Å². The van der Waals surface area contributed by atoms with Gasteiger partial charge in [0, 0.05) is 12.1 Å². The number of benzene rings is 3. The Morgan fingerprint density at radius 3 is 2.12 bits per heavy atom. The quantitative estimate of drug-likeness (QED) is 0.448. The smallest absolute Gasteiger partial charge is 0.261 e. The molecule has 2 N–H and O–H groups in total. The number of carbonyl (C=O) groups is 1. The van der Waals surface area contributed by atoms with Crippen molar-refractivity contribution in [3.63, 3.8) is 0 Å². The van der Waals surface area contributed by atoms with Gasteiger partial charge in [0.25, 0.3) is 15.9 Å². The second kappa shape index (κ2) is 10.2. The second-order valence-corrected chi connectivity index (χ2v) is 11.4. The molecule has 0 aliphatic heterocycles. The molecule has 0 fully saturated rings. The molecule has 0 saturated heterocycles. The Morgan fingerprint density at radius 1 is 0.788 bits per heavy atom. The maximum absolute atomic E-state index is 12.7. The maximum atomic E-state index is 12.7. The van der Waals surface area contributed by atoms with Crippen molar-refractivity contribution < 1.29 is 21.6 Å². The van der Waals surface area contributed by atoms with Crippen LogP contribution in [0.3, 0.4) is 0 Å². The zero-order chi connectivity index (χ0) is 24.1. The number of nitrogens with one attached hydrogen (secondary N) is 2. The number of hydrogen-bond acceptors (Lipinski definition) is 5. The number of sulfone groups is 1. The molecular formula is C24H26N2O5S2. The number of anilines is 1. The minimum absolute atomic E-state index is 0.0360. The monoisotopic (exact) mass is 486 g/mol. The lowest BCUT2D eigenvalue weighted by molar-refractivity contribution is 0.0953. The van der Waals surface area contributed by atoms with Gasteiger partial charge in [0.05, 0.1) is 21.2 Å². The van der Waals surface area contributed by atoms with E-state index < -0.39 is 25.8 Å². The average Bonchev–Trinajstić information content (AvgIpc) is 2.80. The van der Waals surface area contributed by atoms with E-state index in [0.29, 0.717) is 5.69 Å². The summed E-state index contributed by atoms with van der Waals surface area (Å²) in [7, 11) is -7.21. The number of aryl methyl sites for hydroxylation is 1. The minimum Gasteiger partial charge on any atom is -0.352 e. The number of hydrogen-bond donors (Lipinski definition) is 2. The van der Waals surface area contributed by atoms with Crippen molar-refractivity contribution >= 4 is 31.5 Å². The molecule has 0 spiro atoms. The highest BCUT2D eigenvalue weighted by Crippen LogP contribution is 2.22. The molecule has 0 radical (unpaired) electrons. The predicted octanol–water partition coefficient (Wildman–Crippen LogP) is 3.70. The summed E-state index contributed by atoms with van der Waals surface area (Å²) in [5, 5.41) is 2.67. The van der Waals surface area contributed by atoms with Crippen LogP contribution >= 0.6 is 0 Å². The van der Waals surface area contributed by atoms with E-state index in [1.807, 2.05) is 19.9 Å². The number of rotatable bonds is 9. The Labute approximate surface area is 194 Å². The van der Waals surface area contributed by atoms with Crippen LogP contribution < -0.4 is 10.0 Å². The molecule has 0 bridgehead atoms. The Hall–Kier alpha value is -3.17. The average molecular weight is 487 g/mol. The first-order valence-corrected chi connectivity index (χ1v) is 13.5. The SMILES string of the molecule is Cc1cccc(NS(=O)(=O)c2ccc(C(=O)NCCCS(=O)(=O)c3ccccc3)cc2)c1C. The molecule has 0 aliphatic rings. The lowest BCUT2D eigenvalue weighted by Gasteiger charge is -2.12. The molecule has 0 heterocycles. The molecule has 7 nitrogen and oxygen atoms in total. The Kier molecular flexibility index (Phi) is 7.55. The molecule has 3 aromatic carbocycles. The summed E-state index contributed by atoms with van der Waals surface area (Å²) in [6.07, 6.45) is 0.259. The molecule has 0 aromatic heterocycles.